The molecule has 8 nitrogen and oxygen atoms in total. The van der Waals surface area contributed by atoms with Crippen LogP contribution >= 0.6 is 0 Å². The Hall–Kier alpha value is -3.60. The fourth-order valence-electron chi connectivity index (χ4n) is 3.92. The van der Waals surface area contributed by atoms with Crippen molar-refractivity contribution in [2.24, 2.45) is 0 Å². The summed E-state index contributed by atoms with van der Waals surface area (Å²) in [7, 11) is 1.34. The SMILES string of the molecule is CNC(=O)c1cc(F)c(-c2nc3c(F)c(C)ccn3c2CC2CN(C(=O)O)CCO2)c(F)c1. The molecule has 0 bridgehead atoms. The molecule has 0 radical (unpaired) electrons. The first-order valence-corrected chi connectivity index (χ1v) is 10.2. The number of carbonyl (C=O) groups excluding carboxylic acids is 1. The van der Waals surface area contributed by atoms with Gasteiger partial charge in [-0.2, -0.15) is 0 Å². The van der Waals surface area contributed by atoms with E-state index in [2.05, 4.69) is 10.3 Å². The topological polar surface area (TPSA) is 96.2 Å². The lowest BCUT2D eigenvalue weighted by molar-refractivity contribution is -0.0214. The van der Waals surface area contributed by atoms with Crippen LogP contribution in [0.15, 0.2) is 24.4 Å². The van der Waals surface area contributed by atoms with Gasteiger partial charge in [0, 0.05) is 31.8 Å². The number of imidazole rings is 1. The Balaban J connectivity index is 1.86. The maximum Gasteiger partial charge on any atom is 0.407 e. The third kappa shape index (κ3) is 4.11. The molecule has 2 amide bonds. The number of aromatic nitrogens is 2. The second kappa shape index (κ2) is 8.74. The highest BCUT2D eigenvalue weighted by molar-refractivity contribution is 5.94. The van der Waals surface area contributed by atoms with E-state index in [1.54, 1.807) is 0 Å². The molecular formula is C22H21F3N4O4. The average Bonchev–Trinajstić information content (AvgIpc) is 3.13. The van der Waals surface area contributed by atoms with Gasteiger partial charge in [0.25, 0.3) is 5.91 Å². The van der Waals surface area contributed by atoms with Crippen molar-refractivity contribution >= 4 is 17.6 Å². The van der Waals surface area contributed by atoms with Gasteiger partial charge in [0.1, 0.15) is 11.6 Å². The Labute approximate surface area is 186 Å². The normalized spacial score (nSPS) is 16.3. The number of morpholine rings is 1. The molecule has 3 aromatic rings. The number of pyridine rings is 1. The second-order valence-corrected chi connectivity index (χ2v) is 7.73. The summed E-state index contributed by atoms with van der Waals surface area (Å²) in [4.78, 5) is 28.6. The number of nitrogens with one attached hydrogen (secondary N) is 1. The number of ether oxygens (including phenoxy) is 1. The summed E-state index contributed by atoms with van der Waals surface area (Å²) in [5.41, 5.74) is -0.436. The monoisotopic (exact) mass is 462 g/mol. The molecule has 33 heavy (non-hydrogen) atoms. The van der Waals surface area contributed by atoms with Crippen LogP contribution in [0.4, 0.5) is 18.0 Å². The Bertz CT molecular complexity index is 1240. The van der Waals surface area contributed by atoms with E-state index in [1.807, 2.05) is 0 Å². The summed E-state index contributed by atoms with van der Waals surface area (Å²) in [5.74, 6) is -3.38. The summed E-state index contributed by atoms with van der Waals surface area (Å²) >= 11 is 0. The Morgan fingerprint density at radius 1 is 1.27 bits per heavy atom. The Morgan fingerprint density at radius 3 is 2.61 bits per heavy atom. The first-order chi connectivity index (χ1) is 15.7. The molecule has 1 fully saturated rings. The molecule has 174 valence electrons. The van der Waals surface area contributed by atoms with Crippen LogP contribution in [0, 0.1) is 24.4 Å². The van der Waals surface area contributed by atoms with Crippen LogP contribution in [0.1, 0.15) is 21.6 Å². The van der Waals surface area contributed by atoms with Crippen molar-refractivity contribution in [2.75, 3.05) is 26.7 Å². The van der Waals surface area contributed by atoms with E-state index in [-0.39, 0.29) is 48.7 Å². The number of benzene rings is 1. The maximum atomic E-state index is 15.0. The molecule has 1 atom stereocenters. The number of carboxylic acid groups (broad SMARTS) is 1. The summed E-state index contributed by atoms with van der Waals surface area (Å²) in [5, 5.41) is 11.6. The second-order valence-electron chi connectivity index (χ2n) is 7.73. The molecule has 1 aromatic carbocycles. The number of fused-ring (bicyclic) bond motifs is 1. The first kappa shape index (κ1) is 22.6. The molecule has 11 heteroatoms. The highest BCUT2D eigenvalue weighted by Gasteiger charge is 2.29. The molecule has 1 saturated heterocycles. The van der Waals surface area contributed by atoms with Crippen LogP contribution in [0.3, 0.4) is 0 Å². The predicted molar refractivity (Wildman–Crippen MR) is 112 cm³/mol. The van der Waals surface area contributed by atoms with E-state index in [0.29, 0.717) is 5.56 Å². The molecule has 2 aromatic heterocycles. The minimum absolute atomic E-state index is 0.0266. The van der Waals surface area contributed by atoms with E-state index in [4.69, 9.17) is 4.74 Å². The molecule has 0 spiro atoms. The Kier molecular flexibility index (Phi) is 5.98. The van der Waals surface area contributed by atoms with Crippen LogP contribution in [0.5, 0.6) is 0 Å². The predicted octanol–water partition coefficient (Wildman–Crippen LogP) is 3.01. The standard InChI is InChI=1S/C22H21F3N4O4/c1-11-3-4-29-16(9-13-10-28(22(31)32)5-6-33-13)19(27-20(29)18(11)25)17-14(23)7-12(8-15(17)24)21(30)26-2/h3-4,7-8,13H,5-6,9-10H2,1-2H3,(H,26,30)(H,31,32). The van der Waals surface area contributed by atoms with Gasteiger partial charge in [0.15, 0.2) is 11.5 Å². The van der Waals surface area contributed by atoms with Crippen molar-refractivity contribution in [2.45, 2.75) is 19.4 Å². The lowest BCUT2D eigenvalue weighted by atomic mass is 10.0. The number of aryl methyl sites for hydroxylation is 1. The number of halogens is 3. The number of hydrogen-bond acceptors (Lipinski definition) is 4. The van der Waals surface area contributed by atoms with Crippen molar-refractivity contribution in [1.29, 1.82) is 0 Å². The van der Waals surface area contributed by atoms with Gasteiger partial charge >= 0.3 is 6.09 Å². The summed E-state index contributed by atoms with van der Waals surface area (Å²) in [6.45, 7) is 1.93. The van der Waals surface area contributed by atoms with Crippen LogP contribution in [0.2, 0.25) is 0 Å². The fourth-order valence-corrected chi connectivity index (χ4v) is 3.92. The van der Waals surface area contributed by atoms with E-state index in [9.17, 15) is 19.1 Å². The third-order valence-corrected chi connectivity index (χ3v) is 5.62. The van der Waals surface area contributed by atoms with Gasteiger partial charge in [0.2, 0.25) is 0 Å². The van der Waals surface area contributed by atoms with Crippen LogP contribution in [-0.2, 0) is 11.2 Å². The molecule has 2 N–H and O–H groups in total. The molecule has 0 aliphatic carbocycles. The molecule has 0 saturated carbocycles. The number of hydrogen-bond donors (Lipinski definition) is 2. The van der Waals surface area contributed by atoms with E-state index >= 15 is 8.78 Å². The zero-order chi connectivity index (χ0) is 23.9. The molecule has 3 heterocycles. The number of nitrogens with zero attached hydrogens (tertiary/aromatic N) is 3. The number of rotatable bonds is 4. The first-order valence-electron chi connectivity index (χ1n) is 10.2. The van der Waals surface area contributed by atoms with E-state index in [1.165, 1.54) is 35.5 Å². The molecule has 1 aliphatic rings. The summed E-state index contributed by atoms with van der Waals surface area (Å²) < 4.78 is 52.0. The van der Waals surface area contributed by atoms with Gasteiger partial charge in [-0.25, -0.2) is 22.9 Å². The van der Waals surface area contributed by atoms with Crippen molar-refractivity contribution in [1.82, 2.24) is 19.6 Å². The molecule has 1 unspecified atom stereocenters. The third-order valence-electron chi connectivity index (χ3n) is 5.62. The smallest absolute Gasteiger partial charge is 0.407 e. The molecular weight excluding hydrogens is 441 g/mol. The Morgan fingerprint density at radius 2 is 1.97 bits per heavy atom. The lowest BCUT2D eigenvalue weighted by Gasteiger charge is -2.31. The quantitative estimate of drug-likeness (QED) is 0.622. The van der Waals surface area contributed by atoms with E-state index in [0.717, 1.165) is 12.1 Å². The summed E-state index contributed by atoms with van der Waals surface area (Å²) in [6.07, 6.45) is -0.176. The van der Waals surface area contributed by atoms with Gasteiger partial charge in [-0.1, -0.05) is 0 Å². The van der Waals surface area contributed by atoms with Crippen molar-refractivity contribution in [3.63, 3.8) is 0 Å². The van der Waals surface area contributed by atoms with Gasteiger partial charge in [-0.05, 0) is 30.7 Å². The van der Waals surface area contributed by atoms with Gasteiger partial charge in [0.05, 0.1) is 36.2 Å². The largest absolute Gasteiger partial charge is 0.465 e. The zero-order valence-electron chi connectivity index (χ0n) is 17.9. The van der Waals surface area contributed by atoms with Crippen LogP contribution in [-0.4, -0.2) is 64.2 Å². The average molecular weight is 462 g/mol. The van der Waals surface area contributed by atoms with Gasteiger partial charge < -0.3 is 24.5 Å². The fraction of sp³-hybridized carbons (Fsp3) is 0.318. The van der Waals surface area contributed by atoms with Crippen LogP contribution in [0.25, 0.3) is 16.9 Å². The molecule has 1 aliphatic heterocycles. The maximum absolute atomic E-state index is 15.0. The number of carbonyl (C=O) groups is 2. The van der Waals surface area contributed by atoms with Gasteiger partial charge in [-0.3, -0.25) is 4.79 Å². The van der Waals surface area contributed by atoms with Gasteiger partial charge in [-0.15, -0.1) is 0 Å². The minimum atomic E-state index is -1.11. The van der Waals surface area contributed by atoms with Crippen molar-refractivity contribution < 1.29 is 32.6 Å². The molecule has 4 rings (SSSR count). The van der Waals surface area contributed by atoms with Crippen LogP contribution < -0.4 is 5.32 Å². The zero-order valence-corrected chi connectivity index (χ0v) is 17.9. The summed E-state index contributed by atoms with van der Waals surface area (Å²) in [6, 6.07) is 3.27. The van der Waals surface area contributed by atoms with Crippen molar-refractivity contribution in [3.05, 3.63) is 58.7 Å². The highest BCUT2D eigenvalue weighted by atomic mass is 19.1. The highest BCUT2D eigenvalue weighted by Crippen LogP contribution is 2.33. The minimum Gasteiger partial charge on any atom is -0.465 e. The number of amides is 2. The van der Waals surface area contributed by atoms with Crippen molar-refractivity contribution in [3.8, 4) is 11.3 Å². The lowest BCUT2D eigenvalue weighted by Crippen LogP contribution is -2.45. The van der Waals surface area contributed by atoms with E-state index < -0.39 is 41.1 Å².